The summed E-state index contributed by atoms with van der Waals surface area (Å²) in [5.41, 5.74) is 8.99. The van der Waals surface area contributed by atoms with Gasteiger partial charge < -0.3 is 15.1 Å². The third-order valence-corrected chi connectivity index (χ3v) is 5.92. The Bertz CT molecular complexity index is 860. The van der Waals surface area contributed by atoms with Gasteiger partial charge in [0.05, 0.1) is 18.4 Å². The summed E-state index contributed by atoms with van der Waals surface area (Å²) in [6, 6.07) is 12.2. The van der Waals surface area contributed by atoms with Gasteiger partial charge in [-0.15, -0.1) is 11.3 Å². The molecule has 1 aromatic carbocycles. The Morgan fingerprint density at radius 3 is 2.85 bits per heavy atom. The quantitative estimate of drug-likeness (QED) is 0.752. The van der Waals surface area contributed by atoms with Crippen molar-refractivity contribution in [2.75, 3.05) is 19.6 Å². The fraction of sp³-hybridized carbons (Fsp3) is 0.300. The number of carbonyl (C=O) groups is 1. The molecule has 0 spiro atoms. The first-order valence-electron chi connectivity index (χ1n) is 8.74. The highest BCUT2D eigenvalue weighted by molar-refractivity contribution is 7.13. The molecule has 0 bridgehead atoms. The maximum Gasteiger partial charge on any atom is 0.228 e. The van der Waals surface area contributed by atoms with Crippen molar-refractivity contribution in [2.45, 2.75) is 12.3 Å². The molecular weight excluding hydrogens is 346 g/mol. The third-order valence-electron chi connectivity index (χ3n) is 4.98. The molecule has 0 unspecified atom stereocenters. The molecule has 1 saturated heterocycles. The average Bonchev–Trinajstić information content (AvgIpc) is 3.41. The summed E-state index contributed by atoms with van der Waals surface area (Å²) in [4.78, 5) is 19.3. The molecule has 4 rings (SSSR count). The van der Waals surface area contributed by atoms with Crippen LogP contribution in [0.3, 0.4) is 0 Å². The van der Waals surface area contributed by atoms with E-state index in [9.17, 15) is 4.79 Å². The molecule has 0 radical (unpaired) electrons. The van der Waals surface area contributed by atoms with Crippen molar-refractivity contribution < 1.29 is 9.21 Å². The van der Waals surface area contributed by atoms with Gasteiger partial charge in [0.1, 0.15) is 11.3 Å². The number of hydrogen-bond donors (Lipinski definition) is 1. The second-order valence-electron chi connectivity index (χ2n) is 6.64. The molecule has 26 heavy (non-hydrogen) atoms. The lowest BCUT2D eigenvalue weighted by Crippen LogP contribution is -2.31. The summed E-state index contributed by atoms with van der Waals surface area (Å²) in [6.07, 6.45) is 3.62. The molecule has 5 nitrogen and oxygen atoms in total. The lowest BCUT2D eigenvalue weighted by molar-refractivity contribution is -0.129. The van der Waals surface area contributed by atoms with E-state index in [1.807, 2.05) is 34.5 Å². The molecule has 3 heterocycles. The van der Waals surface area contributed by atoms with Gasteiger partial charge >= 0.3 is 0 Å². The topological polar surface area (TPSA) is 72.4 Å². The minimum atomic E-state index is 0.117. The summed E-state index contributed by atoms with van der Waals surface area (Å²) < 4.78 is 5.10. The fourth-order valence-corrected chi connectivity index (χ4v) is 4.37. The molecule has 2 N–H and O–H groups in total. The Morgan fingerprint density at radius 2 is 2.12 bits per heavy atom. The second-order valence-corrected chi connectivity index (χ2v) is 7.50. The molecule has 2 aromatic heterocycles. The zero-order chi connectivity index (χ0) is 17.9. The molecule has 1 aliphatic heterocycles. The first-order valence-corrected chi connectivity index (χ1v) is 9.62. The van der Waals surface area contributed by atoms with Crippen LogP contribution in [0.5, 0.6) is 0 Å². The third kappa shape index (κ3) is 3.43. The van der Waals surface area contributed by atoms with Gasteiger partial charge in [0.15, 0.2) is 0 Å². The van der Waals surface area contributed by atoms with E-state index in [2.05, 4.69) is 17.1 Å². The van der Waals surface area contributed by atoms with E-state index in [-0.39, 0.29) is 5.91 Å². The van der Waals surface area contributed by atoms with E-state index in [1.54, 1.807) is 12.5 Å². The molecule has 134 valence electrons. The van der Waals surface area contributed by atoms with E-state index in [1.165, 1.54) is 16.9 Å². The molecule has 1 aliphatic rings. The standard InChI is InChI=1S/C20H21N3O2S/c21-9-16-10-23(11-18(16)14-4-2-1-3-5-14)19(24)8-17-13-26-20(22-17)15-6-7-25-12-15/h1-7,12-13,16,18H,8-11,21H2/t16-,18+/m1/s1. The van der Waals surface area contributed by atoms with Crippen molar-refractivity contribution in [2.24, 2.45) is 11.7 Å². The van der Waals surface area contributed by atoms with Crippen LogP contribution in [0.2, 0.25) is 0 Å². The SMILES string of the molecule is NC[C@@H]1CN(C(=O)Cc2csc(-c3ccoc3)n2)C[C@H]1c1ccccc1. The molecule has 1 amide bonds. The van der Waals surface area contributed by atoms with Crippen molar-refractivity contribution in [3.8, 4) is 10.6 Å². The van der Waals surface area contributed by atoms with Gasteiger partial charge in [-0.3, -0.25) is 4.79 Å². The largest absolute Gasteiger partial charge is 0.472 e. The van der Waals surface area contributed by atoms with E-state index in [0.717, 1.165) is 22.8 Å². The molecule has 0 saturated carbocycles. The van der Waals surface area contributed by atoms with E-state index >= 15 is 0 Å². The first kappa shape index (κ1) is 17.0. The Hall–Kier alpha value is -2.44. The van der Waals surface area contributed by atoms with Crippen LogP contribution >= 0.6 is 11.3 Å². The van der Waals surface area contributed by atoms with Gasteiger partial charge in [0.2, 0.25) is 5.91 Å². The van der Waals surface area contributed by atoms with Crippen LogP contribution in [-0.4, -0.2) is 35.4 Å². The minimum Gasteiger partial charge on any atom is -0.472 e. The van der Waals surface area contributed by atoms with E-state index < -0.39 is 0 Å². The van der Waals surface area contributed by atoms with Crippen LogP contribution in [0.15, 0.2) is 58.7 Å². The number of likely N-dealkylation sites (tertiary alicyclic amines) is 1. The number of nitrogens with zero attached hydrogens (tertiary/aromatic N) is 2. The molecule has 2 atom stereocenters. The number of rotatable bonds is 5. The number of carbonyl (C=O) groups excluding carboxylic acids is 1. The maximum atomic E-state index is 12.8. The number of nitrogens with two attached hydrogens (primary N) is 1. The van der Waals surface area contributed by atoms with E-state index in [0.29, 0.717) is 31.3 Å². The van der Waals surface area contributed by atoms with Gasteiger partial charge in [-0.05, 0) is 24.1 Å². The van der Waals surface area contributed by atoms with Crippen molar-refractivity contribution >= 4 is 17.2 Å². The van der Waals surface area contributed by atoms with Crippen molar-refractivity contribution in [1.29, 1.82) is 0 Å². The van der Waals surface area contributed by atoms with Gasteiger partial charge in [-0.25, -0.2) is 4.98 Å². The first-order chi connectivity index (χ1) is 12.7. The Morgan fingerprint density at radius 1 is 1.27 bits per heavy atom. The molecular formula is C20H21N3O2S. The molecule has 6 heteroatoms. The number of hydrogen-bond acceptors (Lipinski definition) is 5. The zero-order valence-electron chi connectivity index (χ0n) is 14.4. The normalized spacial score (nSPS) is 19.8. The number of benzene rings is 1. The highest BCUT2D eigenvalue weighted by atomic mass is 32.1. The van der Waals surface area contributed by atoms with Crippen LogP contribution in [0.1, 0.15) is 17.2 Å². The highest BCUT2D eigenvalue weighted by Gasteiger charge is 2.35. The van der Waals surface area contributed by atoms with E-state index in [4.69, 9.17) is 10.2 Å². The Balaban J connectivity index is 1.44. The summed E-state index contributed by atoms with van der Waals surface area (Å²) >= 11 is 1.53. The number of amides is 1. The summed E-state index contributed by atoms with van der Waals surface area (Å²) in [7, 11) is 0. The lowest BCUT2D eigenvalue weighted by Gasteiger charge is -2.16. The van der Waals surface area contributed by atoms with Gasteiger partial charge in [-0.2, -0.15) is 0 Å². The van der Waals surface area contributed by atoms with Crippen LogP contribution in [0.4, 0.5) is 0 Å². The monoisotopic (exact) mass is 367 g/mol. The fourth-order valence-electron chi connectivity index (χ4n) is 3.57. The van der Waals surface area contributed by atoms with Crippen LogP contribution in [-0.2, 0) is 11.2 Å². The lowest BCUT2D eigenvalue weighted by atomic mass is 9.89. The van der Waals surface area contributed by atoms with Gasteiger partial charge in [0.25, 0.3) is 0 Å². The molecule has 1 fully saturated rings. The summed E-state index contributed by atoms with van der Waals surface area (Å²) in [6.45, 7) is 2.03. The van der Waals surface area contributed by atoms with Crippen LogP contribution < -0.4 is 5.73 Å². The van der Waals surface area contributed by atoms with Crippen LogP contribution in [0, 0.1) is 5.92 Å². The van der Waals surface area contributed by atoms with Crippen LogP contribution in [0.25, 0.3) is 10.6 Å². The number of furan rings is 1. The average molecular weight is 367 g/mol. The van der Waals surface area contributed by atoms with Crippen molar-refractivity contribution in [3.05, 3.63) is 65.6 Å². The maximum absolute atomic E-state index is 12.8. The number of aromatic nitrogens is 1. The molecule has 0 aliphatic carbocycles. The minimum absolute atomic E-state index is 0.117. The molecule has 3 aromatic rings. The Labute approximate surface area is 156 Å². The smallest absolute Gasteiger partial charge is 0.228 e. The summed E-state index contributed by atoms with van der Waals surface area (Å²) in [5, 5.41) is 2.83. The number of thiazole rings is 1. The second kappa shape index (κ2) is 7.43. The summed E-state index contributed by atoms with van der Waals surface area (Å²) in [5.74, 6) is 0.728. The van der Waals surface area contributed by atoms with Crippen molar-refractivity contribution in [3.63, 3.8) is 0 Å². The van der Waals surface area contributed by atoms with Gasteiger partial charge in [0, 0.05) is 30.0 Å². The highest BCUT2D eigenvalue weighted by Crippen LogP contribution is 2.32. The predicted octanol–water partition coefficient (Wildman–Crippen LogP) is 3.15. The van der Waals surface area contributed by atoms with Gasteiger partial charge in [-0.1, -0.05) is 30.3 Å². The van der Waals surface area contributed by atoms with Crippen molar-refractivity contribution in [1.82, 2.24) is 9.88 Å². The predicted molar refractivity (Wildman–Crippen MR) is 102 cm³/mol. The Kier molecular flexibility index (Phi) is 4.86. The zero-order valence-corrected chi connectivity index (χ0v) is 15.2.